The molecule has 1 aliphatic rings. The van der Waals surface area contributed by atoms with Gasteiger partial charge in [0.2, 0.25) is 0 Å². The van der Waals surface area contributed by atoms with Crippen LogP contribution in [0.4, 0.5) is 0 Å². The van der Waals surface area contributed by atoms with Crippen LogP contribution in [0, 0.1) is 5.92 Å². The number of carboxylic acids is 1. The molecule has 1 fully saturated rings. The Hall–Kier alpha value is -1.59. The van der Waals surface area contributed by atoms with Gasteiger partial charge < -0.3 is 19.8 Å². The second kappa shape index (κ2) is 8.15. The molecule has 1 unspecified atom stereocenters. The summed E-state index contributed by atoms with van der Waals surface area (Å²) in [5, 5.41) is 19.2. The number of ether oxygens (including phenoxy) is 1. The Labute approximate surface area is 131 Å². The van der Waals surface area contributed by atoms with Gasteiger partial charge in [-0.1, -0.05) is 12.1 Å². The summed E-state index contributed by atoms with van der Waals surface area (Å²) in [6, 6.07) is 7.54. The summed E-state index contributed by atoms with van der Waals surface area (Å²) in [5.41, 5.74) is 0.892. The maximum Gasteiger partial charge on any atom is 0.306 e. The molecule has 5 nitrogen and oxygen atoms in total. The van der Waals surface area contributed by atoms with E-state index in [0.717, 1.165) is 30.9 Å². The number of nitrogens with zero attached hydrogens (tertiary/aromatic N) is 1. The van der Waals surface area contributed by atoms with Gasteiger partial charge >= 0.3 is 5.97 Å². The van der Waals surface area contributed by atoms with Crippen LogP contribution in [0.15, 0.2) is 24.3 Å². The number of rotatable bonds is 7. The van der Waals surface area contributed by atoms with Crippen LogP contribution >= 0.6 is 0 Å². The SMILES string of the molecule is CCOc1ccc(C(O)CCN2CCC(C(=O)O)CC2)cc1. The number of carboxylic acid groups (broad SMARTS) is 1. The summed E-state index contributed by atoms with van der Waals surface area (Å²) in [5.74, 6) is -0.0736. The molecule has 122 valence electrons. The molecule has 1 heterocycles. The number of carbonyl (C=O) groups is 1. The standard InChI is InChI=1S/C17H25NO4/c1-2-22-15-5-3-13(4-6-15)16(19)9-12-18-10-7-14(8-11-18)17(20)21/h3-6,14,16,19H,2,7-12H2,1H3,(H,20,21). The van der Waals surface area contributed by atoms with Gasteiger partial charge in [0.25, 0.3) is 0 Å². The molecule has 2 rings (SSSR count). The lowest BCUT2D eigenvalue weighted by atomic mass is 9.96. The second-order valence-corrected chi connectivity index (χ2v) is 5.76. The maximum absolute atomic E-state index is 10.9. The van der Waals surface area contributed by atoms with Crippen LogP contribution < -0.4 is 4.74 Å². The van der Waals surface area contributed by atoms with Crippen molar-refractivity contribution in [2.24, 2.45) is 5.92 Å². The maximum atomic E-state index is 10.9. The molecule has 1 aromatic rings. The number of likely N-dealkylation sites (tertiary alicyclic amines) is 1. The third-order valence-electron chi connectivity index (χ3n) is 4.23. The smallest absolute Gasteiger partial charge is 0.306 e. The quantitative estimate of drug-likeness (QED) is 0.809. The number of aliphatic carboxylic acids is 1. The highest BCUT2D eigenvalue weighted by molar-refractivity contribution is 5.70. The molecular weight excluding hydrogens is 282 g/mol. The normalized spacial score (nSPS) is 18.1. The van der Waals surface area contributed by atoms with E-state index in [1.807, 2.05) is 31.2 Å². The molecule has 0 saturated carbocycles. The van der Waals surface area contributed by atoms with E-state index in [1.165, 1.54) is 0 Å². The summed E-state index contributed by atoms with van der Waals surface area (Å²) in [6.07, 6.45) is 1.57. The summed E-state index contributed by atoms with van der Waals surface area (Å²) in [6.45, 7) is 4.96. The van der Waals surface area contributed by atoms with E-state index in [9.17, 15) is 9.90 Å². The molecule has 0 bridgehead atoms. The summed E-state index contributed by atoms with van der Waals surface area (Å²) < 4.78 is 5.39. The lowest BCUT2D eigenvalue weighted by Crippen LogP contribution is -2.37. The van der Waals surface area contributed by atoms with Crippen molar-refractivity contribution in [2.75, 3.05) is 26.2 Å². The van der Waals surface area contributed by atoms with Crippen molar-refractivity contribution in [1.29, 1.82) is 0 Å². The Morgan fingerprint density at radius 1 is 1.32 bits per heavy atom. The lowest BCUT2D eigenvalue weighted by molar-refractivity contribution is -0.143. The van der Waals surface area contributed by atoms with E-state index in [4.69, 9.17) is 9.84 Å². The number of hydrogen-bond acceptors (Lipinski definition) is 4. The van der Waals surface area contributed by atoms with Crippen LogP contribution in [0.25, 0.3) is 0 Å². The molecule has 5 heteroatoms. The highest BCUT2D eigenvalue weighted by Crippen LogP contribution is 2.22. The molecule has 1 aromatic carbocycles. The minimum absolute atomic E-state index is 0.202. The van der Waals surface area contributed by atoms with Gasteiger partial charge in [-0.15, -0.1) is 0 Å². The minimum Gasteiger partial charge on any atom is -0.494 e. The van der Waals surface area contributed by atoms with Gasteiger partial charge in [-0.3, -0.25) is 4.79 Å². The van der Waals surface area contributed by atoms with Crippen LogP contribution in [0.1, 0.15) is 37.9 Å². The predicted molar refractivity (Wildman–Crippen MR) is 84.0 cm³/mol. The molecule has 0 amide bonds. The zero-order valence-electron chi connectivity index (χ0n) is 13.1. The number of benzene rings is 1. The van der Waals surface area contributed by atoms with Crippen molar-refractivity contribution in [3.05, 3.63) is 29.8 Å². The molecule has 22 heavy (non-hydrogen) atoms. The molecule has 0 aromatic heterocycles. The number of aliphatic hydroxyl groups excluding tert-OH is 1. The first-order valence-corrected chi connectivity index (χ1v) is 7.96. The van der Waals surface area contributed by atoms with E-state index in [0.29, 0.717) is 25.9 Å². The topological polar surface area (TPSA) is 70.0 Å². The van der Waals surface area contributed by atoms with Crippen LogP contribution in [0.5, 0.6) is 5.75 Å². The first kappa shape index (κ1) is 16.8. The first-order valence-electron chi connectivity index (χ1n) is 7.96. The van der Waals surface area contributed by atoms with Gasteiger partial charge in [0, 0.05) is 6.54 Å². The minimum atomic E-state index is -0.686. The van der Waals surface area contributed by atoms with Crippen LogP contribution in [-0.4, -0.2) is 47.3 Å². The molecule has 0 aliphatic carbocycles. The number of hydrogen-bond donors (Lipinski definition) is 2. The van der Waals surface area contributed by atoms with Gasteiger partial charge in [-0.25, -0.2) is 0 Å². The lowest BCUT2D eigenvalue weighted by Gasteiger charge is -2.30. The highest BCUT2D eigenvalue weighted by Gasteiger charge is 2.24. The van der Waals surface area contributed by atoms with Crippen LogP contribution in [-0.2, 0) is 4.79 Å². The fourth-order valence-corrected chi connectivity index (χ4v) is 2.83. The zero-order chi connectivity index (χ0) is 15.9. The van der Waals surface area contributed by atoms with Crippen molar-refractivity contribution in [3.8, 4) is 5.75 Å². The average Bonchev–Trinajstić information content (AvgIpc) is 2.54. The number of piperidine rings is 1. The molecule has 1 aliphatic heterocycles. The Morgan fingerprint density at radius 3 is 2.50 bits per heavy atom. The summed E-state index contributed by atoms with van der Waals surface area (Å²) in [4.78, 5) is 13.2. The van der Waals surface area contributed by atoms with Gasteiger partial charge in [0.05, 0.1) is 18.6 Å². The third kappa shape index (κ3) is 4.71. The van der Waals surface area contributed by atoms with E-state index in [2.05, 4.69) is 4.90 Å². The van der Waals surface area contributed by atoms with Crippen molar-refractivity contribution in [1.82, 2.24) is 4.90 Å². The van der Waals surface area contributed by atoms with Crippen molar-refractivity contribution >= 4 is 5.97 Å². The molecule has 0 radical (unpaired) electrons. The second-order valence-electron chi connectivity index (χ2n) is 5.76. The monoisotopic (exact) mass is 307 g/mol. The van der Waals surface area contributed by atoms with Gasteiger partial charge in [0.1, 0.15) is 5.75 Å². The molecular formula is C17H25NO4. The van der Waals surface area contributed by atoms with Crippen LogP contribution in [0.2, 0.25) is 0 Å². The fraction of sp³-hybridized carbons (Fsp3) is 0.588. The predicted octanol–water partition coefficient (Wildman–Crippen LogP) is 2.31. The van der Waals surface area contributed by atoms with E-state index in [1.54, 1.807) is 0 Å². The zero-order valence-corrected chi connectivity index (χ0v) is 13.1. The Bertz CT molecular complexity index is 466. The van der Waals surface area contributed by atoms with Crippen molar-refractivity contribution in [2.45, 2.75) is 32.3 Å². The van der Waals surface area contributed by atoms with Crippen molar-refractivity contribution < 1.29 is 19.7 Å². The Balaban J connectivity index is 1.75. The van der Waals surface area contributed by atoms with E-state index < -0.39 is 12.1 Å². The number of aliphatic hydroxyl groups is 1. The van der Waals surface area contributed by atoms with E-state index in [-0.39, 0.29) is 5.92 Å². The van der Waals surface area contributed by atoms with Crippen molar-refractivity contribution in [3.63, 3.8) is 0 Å². The fourth-order valence-electron chi connectivity index (χ4n) is 2.83. The van der Waals surface area contributed by atoms with Gasteiger partial charge in [0.15, 0.2) is 0 Å². The largest absolute Gasteiger partial charge is 0.494 e. The molecule has 1 atom stereocenters. The Kier molecular flexibility index (Phi) is 6.21. The first-order chi connectivity index (χ1) is 10.6. The van der Waals surface area contributed by atoms with Crippen LogP contribution in [0.3, 0.4) is 0 Å². The van der Waals surface area contributed by atoms with Gasteiger partial charge in [-0.2, -0.15) is 0 Å². The molecule has 1 saturated heterocycles. The average molecular weight is 307 g/mol. The van der Waals surface area contributed by atoms with E-state index >= 15 is 0 Å². The third-order valence-corrected chi connectivity index (χ3v) is 4.23. The van der Waals surface area contributed by atoms with Gasteiger partial charge in [-0.05, 0) is 57.0 Å². The summed E-state index contributed by atoms with van der Waals surface area (Å²) in [7, 11) is 0. The highest BCUT2D eigenvalue weighted by atomic mass is 16.5. The summed E-state index contributed by atoms with van der Waals surface area (Å²) >= 11 is 0. The molecule has 0 spiro atoms. The Morgan fingerprint density at radius 2 is 1.95 bits per heavy atom. The molecule has 2 N–H and O–H groups in total.